The van der Waals surface area contributed by atoms with Crippen LogP contribution >= 0.6 is 22.9 Å². The lowest BCUT2D eigenvalue weighted by Crippen LogP contribution is -2.23. The minimum atomic E-state index is -0.796. The van der Waals surface area contributed by atoms with Gasteiger partial charge in [-0.05, 0) is 61.5 Å². The predicted octanol–water partition coefficient (Wildman–Crippen LogP) is 4.86. The Morgan fingerprint density at radius 2 is 2.15 bits per heavy atom. The summed E-state index contributed by atoms with van der Waals surface area (Å²) in [5.74, 6) is -1.44. The first-order valence-corrected chi connectivity index (χ1v) is 12.8. The summed E-state index contributed by atoms with van der Waals surface area (Å²) in [5.41, 5.74) is 1.82. The lowest BCUT2D eigenvalue weighted by Gasteiger charge is -2.24. The molecule has 6 nitrogen and oxygen atoms in total. The number of pyridine rings is 1. The third-order valence-corrected chi connectivity index (χ3v) is 7.98. The van der Waals surface area contributed by atoms with E-state index in [1.807, 2.05) is 6.07 Å². The van der Waals surface area contributed by atoms with Gasteiger partial charge in [0.25, 0.3) is 0 Å². The molecule has 1 saturated carbocycles. The predicted molar refractivity (Wildman–Crippen MR) is 126 cm³/mol. The number of alkyl halides is 1. The monoisotopic (exact) mass is 498 g/mol. The second-order valence-electron chi connectivity index (χ2n) is 8.75. The minimum Gasteiger partial charge on any atom is -0.465 e. The maximum Gasteiger partial charge on any atom is 0.352 e. The maximum absolute atomic E-state index is 13.9. The van der Waals surface area contributed by atoms with Crippen LogP contribution in [0.4, 0.5) is 4.39 Å². The number of aromatic nitrogens is 2. The number of rotatable bonds is 11. The molecule has 1 aliphatic carbocycles. The molecule has 2 heterocycles. The van der Waals surface area contributed by atoms with E-state index in [2.05, 4.69) is 21.6 Å². The second-order valence-corrected chi connectivity index (χ2v) is 10.4. The molecule has 1 fully saturated rings. The van der Waals surface area contributed by atoms with Crippen LogP contribution in [0.15, 0.2) is 18.5 Å². The van der Waals surface area contributed by atoms with Crippen molar-refractivity contribution in [3.8, 4) is 0 Å². The van der Waals surface area contributed by atoms with Gasteiger partial charge in [0.2, 0.25) is 5.95 Å². The zero-order valence-corrected chi connectivity index (χ0v) is 20.6. The van der Waals surface area contributed by atoms with Crippen LogP contribution < -0.4 is 0 Å². The van der Waals surface area contributed by atoms with Crippen molar-refractivity contribution in [1.82, 2.24) is 9.97 Å². The number of nitrogens with zero attached hydrogens (tertiary/aromatic N) is 2. The lowest BCUT2D eigenvalue weighted by molar-refractivity contribution is 0.0600. The molecule has 1 aliphatic rings. The van der Waals surface area contributed by atoms with Crippen molar-refractivity contribution in [1.29, 1.82) is 0 Å². The van der Waals surface area contributed by atoms with Gasteiger partial charge in [-0.3, -0.25) is 4.98 Å². The van der Waals surface area contributed by atoms with E-state index in [0.717, 1.165) is 41.7 Å². The zero-order valence-electron chi connectivity index (χ0n) is 19.0. The molecule has 4 unspecified atom stereocenters. The fraction of sp³-hybridized carbons (Fsp3) is 0.625. The van der Waals surface area contributed by atoms with Crippen molar-refractivity contribution in [3.63, 3.8) is 0 Å². The van der Waals surface area contributed by atoms with Crippen molar-refractivity contribution in [2.75, 3.05) is 7.11 Å². The molecule has 2 N–H and O–H groups in total. The summed E-state index contributed by atoms with van der Waals surface area (Å²) in [6.45, 7) is 2.09. The number of hydrogen-bond acceptors (Lipinski definition) is 7. The number of aliphatic hydroxyl groups is 2. The molecule has 0 spiro atoms. The van der Waals surface area contributed by atoms with Crippen LogP contribution in [0.1, 0.15) is 77.4 Å². The third-order valence-electron chi connectivity index (χ3n) is 6.41. The summed E-state index contributed by atoms with van der Waals surface area (Å²) in [6, 6.07) is 1.99. The largest absolute Gasteiger partial charge is 0.465 e. The number of carbonyl (C=O) groups excluding carboxylic acids is 1. The van der Waals surface area contributed by atoms with Crippen molar-refractivity contribution >= 4 is 28.9 Å². The van der Waals surface area contributed by atoms with Crippen LogP contribution in [0.3, 0.4) is 0 Å². The summed E-state index contributed by atoms with van der Waals surface area (Å²) in [4.78, 5) is 19.6. The second kappa shape index (κ2) is 12.2. The number of halogens is 2. The van der Waals surface area contributed by atoms with E-state index in [1.54, 1.807) is 12.4 Å². The topological polar surface area (TPSA) is 92.5 Å². The van der Waals surface area contributed by atoms with Gasteiger partial charge in [0.15, 0.2) is 4.88 Å². The number of esters is 1. The van der Waals surface area contributed by atoms with Crippen LogP contribution in [-0.4, -0.2) is 44.7 Å². The van der Waals surface area contributed by atoms with Gasteiger partial charge >= 0.3 is 5.97 Å². The van der Waals surface area contributed by atoms with Gasteiger partial charge in [-0.2, -0.15) is 4.39 Å². The van der Waals surface area contributed by atoms with E-state index < -0.39 is 24.1 Å². The van der Waals surface area contributed by atoms with Crippen LogP contribution in [-0.2, 0) is 17.6 Å². The van der Waals surface area contributed by atoms with E-state index in [9.17, 15) is 19.4 Å². The molecule has 0 amide bonds. The Hall–Kier alpha value is -1.61. The average molecular weight is 499 g/mol. The number of aliphatic hydroxyl groups excluding tert-OH is 2. The molecule has 0 aliphatic heterocycles. The molecule has 9 heteroatoms. The number of ether oxygens (including phenoxy) is 1. The summed E-state index contributed by atoms with van der Waals surface area (Å²) < 4.78 is 18.4. The molecule has 33 heavy (non-hydrogen) atoms. The van der Waals surface area contributed by atoms with E-state index in [-0.39, 0.29) is 22.1 Å². The number of aryl methyl sites for hydroxylation is 1. The van der Waals surface area contributed by atoms with Crippen LogP contribution in [0.5, 0.6) is 0 Å². The van der Waals surface area contributed by atoms with Crippen LogP contribution in [0.2, 0.25) is 0 Å². The van der Waals surface area contributed by atoms with Crippen LogP contribution in [0, 0.1) is 17.8 Å². The average Bonchev–Trinajstić information content (AvgIpc) is 3.30. The Labute approximate surface area is 203 Å². The molecule has 0 aromatic carbocycles. The Morgan fingerprint density at radius 3 is 2.88 bits per heavy atom. The standard InChI is InChI=1S/C24H32ClFN2O4S/c1-3-4-7-19(29)15-9-14(12-27-13-15)10-17-16(20(30)11-18(17)25)6-5-8-21-28-23(26)22(33-21)24(31)32-2/h9,12-13,16-20,29-30H,3-8,10-11H2,1-2H3/t16-,17?,18?,19?,20?/m1/s1. The molecule has 182 valence electrons. The van der Waals surface area contributed by atoms with Gasteiger partial charge in [-0.25, -0.2) is 9.78 Å². The van der Waals surface area contributed by atoms with Gasteiger partial charge in [-0.1, -0.05) is 25.8 Å². The van der Waals surface area contributed by atoms with Crippen molar-refractivity contribution in [2.24, 2.45) is 11.8 Å². The van der Waals surface area contributed by atoms with Gasteiger partial charge in [0, 0.05) is 17.8 Å². The summed E-state index contributed by atoms with van der Waals surface area (Å²) in [6.07, 6.45) is 8.31. The maximum atomic E-state index is 13.9. The highest BCUT2D eigenvalue weighted by atomic mass is 35.5. The Morgan fingerprint density at radius 1 is 1.36 bits per heavy atom. The number of carbonyl (C=O) groups is 1. The molecular formula is C24H32ClFN2O4S. The molecule has 2 aromatic heterocycles. The number of hydrogen-bond donors (Lipinski definition) is 2. The molecule has 5 atom stereocenters. The van der Waals surface area contributed by atoms with E-state index >= 15 is 0 Å². The first-order chi connectivity index (χ1) is 15.8. The quantitative estimate of drug-likeness (QED) is 0.339. The Balaban J connectivity index is 1.61. The van der Waals surface area contributed by atoms with Crippen molar-refractivity contribution in [2.45, 2.75) is 75.9 Å². The van der Waals surface area contributed by atoms with Crippen molar-refractivity contribution in [3.05, 3.63) is 45.4 Å². The van der Waals surface area contributed by atoms with E-state index in [0.29, 0.717) is 37.1 Å². The molecule has 0 radical (unpaired) electrons. The van der Waals surface area contributed by atoms with Crippen molar-refractivity contribution < 1.29 is 24.1 Å². The molecular weight excluding hydrogens is 467 g/mol. The van der Waals surface area contributed by atoms with Gasteiger partial charge in [-0.15, -0.1) is 22.9 Å². The van der Waals surface area contributed by atoms with Gasteiger partial charge in [0.1, 0.15) is 0 Å². The number of unbranched alkanes of at least 4 members (excludes halogenated alkanes) is 1. The molecule has 2 aromatic rings. The van der Waals surface area contributed by atoms with Gasteiger partial charge in [0.05, 0.1) is 24.3 Å². The Kier molecular flexibility index (Phi) is 9.61. The number of methoxy groups -OCH3 is 1. The van der Waals surface area contributed by atoms with Crippen LogP contribution in [0.25, 0.3) is 0 Å². The first-order valence-electron chi connectivity index (χ1n) is 11.5. The van der Waals surface area contributed by atoms with E-state index in [4.69, 9.17) is 11.6 Å². The fourth-order valence-electron chi connectivity index (χ4n) is 4.61. The SMILES string of the molecule is CCCCC(O)c1cncc(CC2C(Cl)CC(O)[C@@H]2CCCc2nc(F)c(C(=O)OC)s2)c1. The summed E-state index contributed by atoms with van der Waals surface area (Å²) in [7, 11) is 1.21. The molecule has 0 bridgehead atoms. The zero-order chi connectivity index (χ0) is 24.0. The molecule has 0 saturated heterocycles. The summed E-state index contributed by atoms with van der Waals surface area (Å²) in [5, 5.41) is 21.4. The minimum absolute atomic E-state index is 0.00561. The fourth-order valence-corrected chi connectivity index (χ4v) is 5.98. The normalized spacial score (nSPS) is 23.6. The highest BCUT2D eigenvalue weighted by Gasteiger charge is 2.41. The molecule has 3 rings (SSSR count). The Bertz CT molecular complexity index is 928. The lowest BCUT2D eigenvalue weighted by atomic mass is 9.85. The summed E-state index contributed by atoms with van der Waals surface area (Å²) >= 11 is 7.63. The third kappa shape index (κ3) is 6.72. The highest BCUT2D eigenvalue weighted by Crippen LogP contribution is 2.41. The smallest absolute Gasteiger partial charge is 0.352 e. The van der Waals surface area contributed by atoms with Gasteiger partial charge < -0.3 is 14.9 Å². The highest BCUT2D eigenvalue weighted by molar-refractivity contribution is 7.13. The number of thiazole rings is 1. The van der Waals surface area contributed by atoms with E-state index in [1.165, 1.54) is 7.11 Å². The first kappa shape index (κ1) is 26.0.